The van der Waals surface area contributed by atoms with Crippen LogP contribution in [0.2, 0.25) is 18.1 Å². The van der Waals surface area contributed by atoms with Crippen LogP contribution in [0.15, 0.2) is 29.4 Å². The van der Waals surface area contributed by atoms with Crippen LogP contribution in [0.3, 0.4) is 0 Å². The van der Waals surface area contributed by atoms with E-state index in [1.807, 2.05) is 39.2 Å². The van der Waals surface area contributed by atoms with E-state index >= 15 is 0 Å². The molecule has 0 N–H and O–H groups in total. The lowest BCUT2D eigenvalue weighted by Gasteiger charge is -2.42. The van der Waals surface area contributed by atoms with E-state index in [0.29, 0.717) is 5.56 Å². The van der Waals surface area contributed by atoms with Gasteiger partial charge in [0.1, 0.15) is 0 Å². The van der Waals surface area contributed by atoms with Gasteiger partial charge in [-0.3, -0.25) is 0 Å². The Bertz CT molecular complexity index is 668. The van der Waals surface area contributed by atoms with Gasteiger partial charge in [0.05, 0.1) is 12.1 Å². The molecule has 0 fully saturated rings. The smallest absolute Gasteiger partial charge is 0.372 e. The molecule has 146 valence electrons. The van der Waals surface area contributed by atoms with Gasteiger partial charge in [0.2, 0.25) is 0 Å². The Labute approximate surface area is 158 Å². The number of hydrogen-bond donors (Lipinski definition) is 0. The topological polar surface area (TPSA) is 30.8 Å². The summed E-state index contributed by atoms with van der Waals surface area (Å²) in [6, 6.07) is 7.37. The highest BCUT2D eigenvalue weighted by Gasteiger charge is 2.65. The molecule has 1 atom stereocenters. The van der Waals surface area contributed by atoms with Crippen LogP contribution in [-0.4, -0.2) is 32.2 Å². The van der Waals surface area contributed by atoms with Crippen LogP contribution < -0.4 is 0 Å². The lowest BCUT2D eigenvalue weighted by Crippen LogP contribution is -2.57. The second kappa shape index (κ2) is 7.20. The zero-order valence-corrected chi connectivity index (χ0v) is 17.8. The van der Waals surface area contributed by atoms with Crippen molar-refractivity contribution in [1.82, 2.24) is 0 Å². The minimum absolute atomic E-state index is 0.261. The molecule has 8 heteroatoms. The third-order valence-corrected chi connectivity index (χ3v) is 10.0. The lowest BCUT2D eigenvalue weighted by molar-refractivity contribution is -0.347. The number of rotatable bonds is 5. The number of thioether (sulfide) groups is 1. The average Bonchev–Trinajstić information content (AvgIpc) is 2.92. The third kappa shape index (κ3) is 4.28. The Kier molecular flexibility index (Phi) is 5.90. The lowest BCUT2D eigenvalue weighted by atomic mass is 10.0. The van der Waals surface area contributed by atoms with Crippen molar-refractivity contribution in [3.8, 4) is 0 Å². The molecule has 1 aliphatic rings. The Morgan fingerprint density at radius 3 is 2.23 bits per heavy atom. The second-order valence-electron chi connectivity index (χ2n) is 8.05. The predicted molar refractivity (Wildman–Crippen MR) is 103 cm³/mol. The van der Waals surface area contributed by atoms with Crippen LogP contribution in [0.1, 0.15) is 38.3 Å². The van der Waals surface area contributed by atoms with Crippen LogP contribution in [0, 0.1) is 0 Å². The summed E-state index contributed by atoms with van der Waals surface area (Å²) in [5.41, 5.74) is 2.00. The average molecular weight is 406 g/mol. The molecule has 1 heterocycles. The van der Waals surface area contributed by atoms with E-state index in [1.54, 1.807) is 37.0 Å². The molecule has 0 bridgehead atoms. The summed E-state index contributed by atoms with van der Waals surface area (Å²) in [6.07, 6.45) is -3.11. The van der Waals surface area contributed by atoms with Crippen molar-refractivity contribution < 1.29 is 22.4 Å². The van der Waals surface area contributed by atoms with Crippen LogP contribution in [0.4, 0.5) is 13.2 Å². The molecule has 1 aromatic carbocycles. The monoisotopic (exact) mass is 405 g/mol. The Morgan fingerprint density at radius 1 is 1.19 bits per heavy atom. The summed E-state index contributed by atoms with van der Waals surface area (Å²) in [7, 11) is -2.72. The number of alkyl halides is 3. The summed E-state index contributed by atoms with van der Waals surface area (Å²) in [5, 5.41) is 3.38. The van der Waals surface area contributed by atoms with E-state index in [2.05, 4.69) is 5.16 Å². The van der Waals surface area contributed by atoms with E-state index in [4.69, 9.17) is 9.26 Å². The molecule has 0 aliphatic carbocycles. The van der Waals surface area contributed by atoms with Gasteiger partial charge in [-0.15, -0.1) is 0 Å². The van der Waals surface area contributed by atoms with E-state index < -0.39 is 26.7 Å². The number of nitrogens with zero attached hydrogens (tertiary/aromatic N) is 1. The van der Waals surface area contributed by atoms with Crippen LogP contribution in [0.5, 0.6) is 0 Å². The Hall–Kier alpha value is -0.993. The van der Waals surface area contributed by atoms with Crippen molar-refractivity contribution in [2.75, 3.05) is 6.26 Å². The number of hydrogen-bond acceptors (Lipinski definition) is 4. The SMILES string of the molecule is CSCc1ccc(C2=NOC(O[Si](C)(C)C(C)(C)C)(C(F)(F)F)C2)cc1. The third-order valence-electron chi connectivity index (χ3n) is 4.96. The molecule has 0 spiro atoms. The maximum Gasteiger partial charge on any atom is 0.457 e. The minimum Gasteiger partial charge on any atom is -0.372 e. The highest BCUT2D eigenvalue weighted by Crippen LogP contribution is 2.48. The maximum atomic E-state index is 13.9. The van der Waals surface area contributed by atoms with Gasteiger partial charge >= 0.3 is 12.0 Å². The van der Waals surface area contributed by atoms with Gasteiger partial charge in [-0.2, -0.15) is 24.9 Å². The van der Waals surface area contributed by atoms with Crippen molar-refractivity contribution in [2.45, 2.75) is 63.0 Å². The molecular formula is C18H26F3NO2SSi. The fraction of sp³-hybridized carbons (Fsp3) is 0.611. The van der Waals surface area contributed by atoms with E-state index in [9.17, 15) is 13.2 Å². The number of oxime groups is 1. The molecule has 1 aliphatic heterocycles. The predicted octanol–water partition coefficient (Wildman–Crippen LogP) is 5.95. The Morgan fingerprint density at radius 2 is 1.77 bits per heavy atom. The van der Waals surface area contributed by atoms with Crippen molar-refractivity contribution >= 4 is 25.8 Å². The van der Waals surface area contributed by atoms with Gasteiger partial charge in [-0.25, -0.2) is 0 Å². The quantitative estimate of drug-likeness (QED) is 0.567. The van der Waals surface area contributed by atoms with Crippen molar-refractivity contribution in [3.05, 3.63) is 35.4 Å². The fourth-order valence-electron chi connectivity index (χ4n) is 2.36. The van der Waals surface area contributed by atoms with Crippen LogP contribution in [-0.2, 0) is 15.0 Å². The summed E-state index contributed by atoms with van der Waals surface area (Å²) in [5.74, 6) is -1.85. The first-order valence-electron chi connectivity index (χ1n) is 8.41. The first kappa shape index (κ1) is 21.3. The molecule has 26 heavy (non-hydrogen) atoms. The van der Waals surface area contributed by atoms with Crippen molar-refractivity contribution in [2.24, 2.45) is 5.16 Å². The molecule has 0 saturated heterocycles. The first-order chi connectivity index (χ1) is 11.8. The highest BCUT2D eigenvalue weighted by atomic mass is 32.2. The molecule has 0 amide bonds. The molecule has 3 nitrogen and oxygen atoms in total. The van der Waals surface area contributed by atoms with Crippen molar-refractivity contribution in [3.63, 3.8) is 0 Å². The standard InChI is InChI=1S/C18H26F3NO2SSi/c1-16(2,3)26(5,6)24-17(18(19,20)21)11-15(22-23-17)14-9-7-13(8-10-14)12-25-4/h7-10H,11-12H2,1-6H3. The number of halogens is 3. The molecule has 2 rings (SSSR count). The van der Waals surface area contributed by atoms with Gasteiger partial charge in [0.15, 0.2) is 8.32 Å². The van der Waals surface area contributed by atoms with E-state index in [-0.39, 0.29) is 10.7 Å². The molecule has 1 aromatic rings. The van der Waals surface area contributed by atoms with E-state index in [1.165, 1.54) is 0 Å². The Balaban J connectivity index is 2.27. The second-order valence-corrected chi connectivity index (χ2v) is 13.6. The van der Waals surface area contributed by atoms with Gasteiger partial charge in [-0.05, 0) is 35.5 Å². The van der Waals surface area contributed by atoms with Gasteiger partial charge in [-0.1, -0.05) is 50.2 Å². The van der Waals surface area contributed by atoms with Crippen LogP contribution >= 0.6 is 11.8 Å². The summed E-state index contributed by atoms with van der Waals surface area (Å²) < 4.78 is 47.4. The molecule has 0 saturated carbocycles. The van der Waals surface area contributed by atoms with Crippen molar-refractivity contribution in [1.29, 1.82) is 0 Å². The van der Waals surface area contributed by atoms with E-state index in [0.717, 1.165) is 11.3 Å². The normalized spacial score (nSPS) is 21.5. The zero-order valence-electron chi connectivity index (χ0n) is 16.0. The zero-order chi connectivity index (χ0) is 19.8. The summed E-state index contributed by atoms with van der Waals surface area (Å²) in [6.45, 7) is 9.23. The first-order valence-corrected chi connectivity index (χ1v) is 12.7. The summed E-state index contributed by atoms with van der Waals surface area (Å²) in [4.78, 5) is 4.95. The highest BCUT2D eigenvalue weighted by molar-refractivity contribution is 7.97. The minimum atomic E-state index is -4.67. The molecule has 0 aromatic heterocycles. The van der Waals surface area contributed by atoms with Gasteiger partial charge in [0.25, 0.3) is 0 Å². The molecular weight excluding hydrogens is 379 g/mol. The van der Waals surface area contributed by atoms with Crippen LogP contribution in [0.25, 0.3) is 0 Å². The molecule has 0 radical (unpaired) electrons. The summed E-state index contributed by atoms with van der Waals surface area (Å²) >= 11 is 1.69. The molecule has 1 unspecified atom stereocenters. The van der Waals surface area contributed by atoms with Gasteiger partial charge in [0, 0.05) is 5.75 Å². The number of benzene rings is 1. The van der Waals surface area contributed by atoms with Gasteiger partial charge < -0.3 is 9.26 Å². The maximum absolute atomic E-state index is 13.9. The largest absolute Gasteiger partial charge is 0.457 e. The fourth-order valence-corrected chi connectivity index (χ4v) is 4.24.